The molecule has 0 saturated carbocycles. The normalized spacial score (nSPS) is 10.2. The lowest BCUT2D eigenvalue weighted by Gasteiger charge is -2.02. The van der Waals surface area contributed by atoms with Crippen molar-refractivity contribution in [3.63, 3.8) is 0 Å². The third-order valence-corrected chi connectivity index (χ3v) is 1.95. The Labute approximate surface area is 86.5 Å². The van der Waals surface area contributed by atoms with E-state index in [2.05, 4.69) is 10.1 Å². The summed E-state index contributed by atoms with van der Waals surface area (Å²) in [6.45, 7) is 1.80. The molecule has 1 amide bonds. The Hall–Kier alpha value is -2.17. The van der Waals surface area contributed by atoms with E-state index in [4.69, 9.17) is 5.73 Å². The zero-order chi connectivity index (χ0) is 10.8. The maximum absolute atomic E-state index is 11.1. The number of primary amides is 1. The molecule has 0 spiro atoms. The SMILES string of the molecule is Cc1cc(C(N)=O)n(-c2ccccn2)n1. The summed E-state index contributed by atoms with van der Waals surface area (Å²) in [6, 6.07) is 7.02. The van der Waals surface area contributed by atoms with E-state index < -0.39 is 5.91 Å². The molecule has 0 radical (unpaired) electrons. The number of nitrogens with two attached hydrogens (primary N) is 1. The fraction of sp³-hybridized carbons (Fsp3) is 0.100. The van der Waals surface area contributed by atoms with E-state index in [1.165, 1.54) is 4.68 Å². The van der Waals surface area contributed by atoms with Crippen LogP contribution in [-0.4, -0.2) is 20.7 Å². The molecule has 0 aliphatic heterocycles. The fourth-order valence-corrected chi connectivity index (χ4v) is 1.33. The van der Waals surface area contributed by atoms with Crippen LogP contribution in [0.15, 0.2) is 30.5 Å². The van der Waals surface area contributed by atoms with Crippen LogP contribution in [0.2, 0.25) is 0 Å². The van der Waals surface area contributed by atoms with Crippen molar-refractivity contribution in [3.05, 3.63) is 41.9 Å². The zero-order valence-corrected chi connectivity index (χ0v) is 8.21. The van der Waals surface area contributed by atoms with Gasteiger partial charge in [-0.25, -0.2) is 9.67 Å². The van der Waals surface area contributed by atoms with Gasteiger partial charge in [-0.2, -0.15) is 5.10 Å². The number of pyridine rings is 1. The lowest BCUT2D eigenvalue weighted by atomic mass is 10.3. The van der Waals surface area contributed by atoms with Crippen LogP contribution < -0.4 is 5.73 Å². The molecular formula is C10H10N4O. The van der Waals surface area contributed by atoms with Crippen LogP contribution in [0.5, 0.6) is 0 Å². The van der Waals surface area contributed by atoms with Gasteiger partial charge in [0, 0.05) is 6.20 Å². The van der Waals surface area contributed by atoms with Crippen LogP contribution in [0.4, 0.5) is 0 Å². The Morgan fingerprint density at radius 2 is 2.27 bits per heavy atom. The zero-order valence-electron chi connectivity index (χ0n) is 8.21. The number of aromatic nitrogens is 3. The first kappa shape index (κ1) is 9.39. The van der Waals surface area contributed by atoms with Gasteiger partial charge in [0.2, 0.25) is 0 Å². The molecule has 0 aliphatic rings. The molecule has 5 heteroatoms. The fourth-order valence-electron chi connectivity index (χ4n) is 1.33. The van der Waals surface area contributed by atoms with Crippen molar-refractivity contribution in [2.24, 2.45) is 5.73 Å². The number of hydrogen-bond acceptors (Lipinski definition) is 3. The summed E-state index contributed by atoms with van der Waals surface area (Å²) in [7, 11) is 0. The highest BCUT2D eigenvalue weighted by molar-refractivity contribution is 5.91. The van der Waals surface area contributed by atoms with Crippen LogP contribution in [0.1, 0.15) is 16.2 Å². The molecule has 0 bridgehead atoms. The molecule has 0 aromatic carbocycles. The minimum Gasteiger partial charge on any atom is -0.364 e. The molecule has 2 aromatic rings. The summed E-state index contributed by atoms with van der Waals surface area (Å²) in [5.41, 5.74) is 6.31. The van der Waals surface area contributed by atoms with E-state index in [9.17, 15) is 4.79 Å². The lowest BCUT2D eigenvalue weighted by Crippen LogP contribution is -2.17. The summed E-state index contributed by atoms with van der Waals surface area (Å²) < 4.78 is 1.44. The molecular weight excluding hydrogens is 192 g/mol. The van der Waals surface area contributed by atoms with Crippen molar-refractivity contribution < 1.29 is 4.79 Å². The summed E-state index contributed by atoms with van der Waals surface area (Å²) >= 11 is 0. The minimum atomic E-state index is -0.513. The van der Waals surface area contributed by atoms with E-state index in [1.807, 2.05) is 6.07 Å². The van der Waals surface area contributed by atoms with Crippen molar-refractivity contribution in [2.45, 2.75) is 6.92 Å². The second-order valence-corrected chi connectivity index (χ2v) is 3.13. The molecule has 2 rings (SSSR count). The summed E-state index contributed by atoms with van der Waals surface area (Å²) in [5.74, 6) is 0.0700. The van der Waals surface area contributed by atoms with Gasteiger partial charge in [-0.05, 0) is 25.1 Å². The molecule has 0 saturated heterocycles. The van der Waals surface area contributed by atoms with Crippen molar-refractivity contribution in [3.8, 4) is 5.82 Å². The molecule has 5 nitrogen and oxygen atoms in total. The molecule has 2 N–H and O–H groups in total. The average Bonchev–Trinajstić information content (AvgIpc) is 2.62. The van der Waals surface area contributed by atoms with Crippen LogP contribution in [0.3, 0.4) is 0 Å². The Morgan fingerprint density at radius 3 is 2.87 bits per heavy atom. The van der Waals surface area contributed by atoms with Crippen molar-refractivity contribution >= 4 is 5.91 Å². The molecule has 76 valence electrons. The maximum Gasteiger partial charge on any atom is 0.267 e. The number of rotatable bonds is 2. The van der Waals surface area contributed by atoms with Gasteiger partial charge in [0.25, 0.3) is 5.91 Å². The first-order valence-electron chi connectivity index (χ1n) is 4.46. The molecule has 0 fully saturated rings. The predicted molar refractivity (Wildman–Crippen MR) is 54.6 cm³/mol. The van der Waals surface area contributed by atoms with Crippen LogP contribution in [0.25, 0.3) is 5.82 Å². The van der Waals surface area contributed by atoms with Crippen LogP contribution in [0, 0.1) is 6.92 Å². The lowest BCUT2D eigenvalue weighted by molar-refractivity contribution is 0.0993. The number of nitrogens with zero attached hydrogens (tertiary/aromatic N) is 3. The summed E-state index contributed by atoms with van der Waals surface area (Å²) in [6.07, 6.45) is 1.64. The Kier molecular flexibility index (Phi) is 2.21. The third kappa shape index (κ3) is 1.71. The topological polar surface area (TPSA) is 73.8 Å². The highest BCUT2D eigenvalue weighted by Gasteiger charge is 2.12. The quantitative estimate of drug-likeness (QED) is 0.778. The Balaban J connectivity index is 2.58. The third-order valence-electron chi connectivity index (χ3n) is 1.95. The van der Waals surface area contributed by atoms with Crippen molar-refractivity contribution in [1.29, 1.82) is 0 Å². The number of aryl methyl sites for hydroxylation is 1. The van der Waals surface area contributed by atoms with E-state index in [1.54, 1.807) is 31.3 Å². The Bertz CT molecular complexity index is 489. The predicted octanol–water partition coefficient (Wildman–Crippen LogP) is 0.675. The number of carbonyl (C=O) groups is 1. The van der Waals surface area contributed by atoms with Gasteiger partial charge in [-0.3, -0.25) is 4.79 Å². The summed E-state index contributed by atoms with van der Waals surface area (Å²) in [4.78, 5) is 15.2. The number of amides is 1. The monoisotopic (exact) mass is 202 g/mol. The van der Waals surface area contributed by atoms with E-state index >= 15 is 0 Å². The second-order valence-electron chi connectivity index (χ2n) is 3.13. The maximum atomic E-state index is 11.1. The largest absolute Gasteiger partial charge is 0.364 e. The van der Waals surface area contributed by atoms with Crippen molar-refractivity contribution in [2.75, 3.05) is 0 Å². The molecule has 0 aliphatic carbocycles. The standard InChI is InChI=1S/C10H10N4O/c1-7-6-8(10(11)15)14(13-7)9-4-2-3-5-12-9/h2-6H,1H3,(H2,11,15). The molecule has 2 heterocycles. The number of carbonyl (C=O) groups excluding carboxylic acids is 1. The van der Waals surface area contributed by atoms with Gasteiger partial charge in [0.15, 0.2) is 5.82 Å². The first-order valence-corrected chi connectivity index (χ1v) is 4.46. The van der Waals surface area contributed by atoms with Gasteiger partial charge in [0.1, 0.15) is 5.69 Å². The van der Waals surface area contributed by atoms with Crippen molar-refractivity contribution in [1.82, 2.24) is 14.8 Å². The van der Waals surface area contributed by atoms with Gasteiger partial charge < -0.3 is 5.73 Å². The highest BCUT2D eigenvalue weighted by Crippen LogP contribution is 2.09. The van der Waals surface area contributed by atoms with Gasteiger partial charge in [-0.1, -0.05) is 6.07 Å². The summed E-state index contributed by atoms with van der Waals surface area (Å²) in [5, 5.41) is 4.16. The average molecular weight is 202 g/mol. The van der Waals surface area contributed by atoms with E-state index in [0.717, 1.165) is 5.69 Å². The van der Waals surface area contributed by atoms with Gasteiger partial charge >= 0.3 is 0 Å². The highest BCUT2D eigenvalue weighted by atomic mass is 16.1. The number of hydrogen-bond donors (Lipinski definition) is 1. The van der Waals surface area contributed by atoms with E-state index in [0.29, 0.717) is 11.5 Å². The van der Waals surface area contributed by atoms with Gasteiger partial charge in [0.05, 0.1) is 5.69 Å². The smallest absolute Gasteiger partial charge is 0.267 e. The second kappa shape index (κ2) is 3.53. The molecule has 0 atom stereocenters. The van der Waals surface area contributed by atoms with E-state index in [-0.39, 0.29) is 0 Å². The first-order chi connectivity index (χ1) is 7.18. The Morgan fingerprint density at radius 1 is 1.47 bits per heavy atom. The molecule has 2 aromatic heterocycles. The van der Waals surface area contributed by atoms with Crippen LogP contribution >= 0.6 is 0 Å². The molecule has 0 unspecified atom stereocenters. The minimum absolute atomic E-state index is 0.339. The van der Waals surface area contributed by atoms with Crippen LogP contribution in [-0.2, 0) is 0 Å². The molecule has 15 heavy (non-hydrogen) atoms. The van der Waals surface area contributed by atoms with Gasteiger partial charge in [-0.15, -0.1) is 0 Å².